The standard InChI is InChI=1S/C13H20ClN/c1-2-3-4-5-6-7-10-13-12(14)9-8-11-15-13/h8-9,11H,2-7,10H2,1H3. The fourth-order valence-electron chi connectivity index (χ4n) is 1.68. The van der Waals surface area contributed by atoms with Crippen LogP contribution < -0.4 is 0 Å². The highest BCUT2D eigenvalue weighted by Gasteiger charge is 1.99. The van der Waals surface area contributed by atoms with Gasteiger partial charge < -0.3 is 0 Å². The van der Waals surface area contributed by atoms with E-state index in [1.165, 1.54) is 38.5 Å². The highest BCUT2D eigenvalue weighted by atomic mass is 35.5. The fraction of sp³-hybridized carbons (Fsp3) is 0.615. The summed E-state index contributed by atoms with van der Waals surface area (Å²) in [6.45, 7) is 2.24. The normalized spacial score (nSPS) is 10.5. The first-order valence-corrected chi connectivity index (χ1v) is 6.31. The highest BCUT2D eigenvalue weighted by Crippen LogP contribution is 2.15. The van der Waals surface area contributed by atoms with Gasteiger partial charge in [-0.2, -0.15) is 0 Å². The smallest absolute Gasteiger partial charge is 0.0621 e. The van der Waals surface area contributed by atoms with Gasteiger partial charge >= 0.3 is 0 Å². The molecule has 0 unspecified atom stereocenters. The van der Waals surface area contributed by atoms with E-state index in [2.05, 4.69) is 11.9 Å². The van der Waals surface area contributed by atoms with Crippen LogP contribution in [0.25, 0.3) is 0 Å². The van der Waals surface area contributed by atoms with Gasteiger partial charge in [-0.1, -0.05) is 50.6 Å². The number of pyridine rings is 1. The number of nitrogens with zero attached hydrogens (tertiary/aromatic N) is 1. The second kappa shape index (κ2) is 7.70. The lowest BCUT2D eigenvalue weighted by Gasteiger charge is -2.02. The molecule has 0 saturated carbocycles. The number of hydrogen-bond donors (Lipinski definition) is 0. The zero-order valence-electron chi connectivity index (χ0n) is 9.51. The molecule has 84 valence electrons. The maximum Gasteiger partial charge on any atom is 0.0621 e. The molecule has 1 nitrogen and oxygen atoms in total. The Morgan fingerprint density at radius 3 is 2.60 bits per heavy atom. The van der Waals surface area contributed by atoms with Gasteiger partial charge in [0.15, 0.2) is 0 Å². The molecule has 0 saturated heterocycles. The number of hydrogen-bond acceptors (Lipinski definition) is 1. The molecule has 0 amide bonds. The Hall–Kier alpha value is -0.560. The van der Waals surface area contributed by atoms with Gasteiger partial charge in [-0.3, -0.25) is 4.98 Å². The van der Waals surface area contributed by atoms with Gasteiger partial charge in [-0.05, 0) is 25.0 Å². The molecule has 0 fully saturated rings. The van der Waals surface area contributed by atoms with Gasteiger partial charge in [0.2, 0.25) is 0 Å². The van der Waals surface area contributed by atoms with Crippen molar-refractivity contribution in [2.75, 3.05) is 0 Å². The van der Waals surface area contributed by atoms with Crippen LogP contribution >= 0.6 is 11.6 Å². The average molecular weight is 226 g/mol. The number of aromatic nitrogens is 1. The highest BCUT2D eigenvalue weighted by molar-refractivity contribution is 6.31. The molecular weight excluding hydrogens is 206 g/mol. The molecule has 0 spiro atoms. The Labute approximate surface area is 97.9 Å². The minimum Gasteiger partial charge on any atom is -0.260 e. The Kier molecular flexibility index (Phi) is 6.42. The van der Waals surface area contributed by atoms with E-state index in [9.17, 15) is 0 Å². The van der Waals surface area contributed by atoms with E-state index in [1.807, 2.05) is 18.3 Å². The van der Waals surface area contributed by atoms with E-state index < -0.39 is 0 Å². The quantitative estimate of drug-likeness (QED) is 0.617. The lowest BCUT2D eigenvalue weighted by molar-refractivity contribution is 0.605. The van der Waals surface area contributed by atoms with Crippen LogP contribution in [0.3, 0.4) is 0 Å². The Morgan fingerprint density at radius 1 is 1.13 bits per heavy atom. The van der Waals surface area contributed by atoms with Crippen molar-refractivity contribution < 1.29 is 0 Å². The molecule has 0 aliphatic rings. The zero-order chi connectivity index (χ0) is 10.9. The molecule has 0 radical (unpaired) electrons. The van der Waals surface area contributed by atoms with Gasteiger partial charge in [-0.25, -0.2) is 0 Å². The van der Waals surface area contributed by atoms with Crippen molar-refractivity contribution in [3.63, 3.8) is 0 Å². The summed E-state index contributed by atoms with van der Waals surface area (Å²) in [7, 11) is 0. The van der Waals surface area contributed by atoms with E-state index >= 15 is 0 Å². The van der Waals surface area contributed by atoms with Gasteiger partial charge in [0.1, 0.15) is 0 Å². The maximum absolute atomic E-state index is 6.02. The molecule has 1 heterocycles. The summed E-state index contributed by atoms with van der Waals surface area (Å²) in [5.41, 5.74) is 1.05. The van der Waals surface area contributed by atoms with Crippen molar-refractivity contribution in [2.24, 2.45) is 0 Å². The molecule has 1 aromatic heterocycles. The number of halogens is 1. The van der Waals surface area contributed by atoms with Crippen LogP contribution in [-0.4, -0.2) is 4.98 Å². The van der Waals surface area contributed by atoms with E-state index in [0.29, 0.717) is 0 Å². The molecule has 0 atom stereocenters. The van der Waals surface area contributed by atoms with Gasteiger partial charge in [-0.15, -0.1) is 0 Å². The summed E-state index contributed by atoms with van der Waals surface area (Å²) in [5.74, 6) is 0. The van der Waals surface area contributed by atoms with Crippen molar-refractivity contribution in [1.29, 1.82) is 0 Å². The van der Waals surface area contributed by atoms with Gasteiger partial charge in [0, 0.05) is 6.20 Å². The molecule has 1 rings (SSSR count). The van der Waals surface area contributed by atoms with E-state index in [4.69, 9.17) is 11.6 Å². The van der Waals surface area contributed by atoms with Crippen molar-refractivity contribution in [3.8, 4) is 0 Å². The van der Waals surface area contributed by atoms with Crippen LogP contribution in [0.1, 0.15) is 51.1 Å². The Morgan fingerprint density at radius 2 is 1.87 bits per heavy atom. The van der Waals surface area contributed by atoms with Crippen molar-refractivity contribution >= 4 is 11.6 Å². The lowest BCUT2D eigenvalue weighted by Crippen LogP contribution is -1.91. The SMILES string of the molecule is CCCCCCCCc1ncccc1Cl. The monoisotopic (exact) mass is 225 g/mol. The first-order valence-electron chi connectivity index (χ1n) is 5.94. The van der Waals surface area contributed by atoms with Crippen LogP contribution in [0.5, 0.6) is 0 Å². The fourth-order valence-corrected chi connectivity index (χ4v) is 1.89. The summed E-state index contributed by atoms with van der Waals surface area (Å²) in [6, 6.07) is 3.80. The average Bonchev–Trinajstić information content (AvgIpc) is 2.25. The zero-order valence-corrected chi connectivity index (χ0v) is 10.3. The molecule has 0 aromatic carbocycles. The summed E-state index contributed by atoms with van der Waals surface area (Å²) in [4.78, 5) is 4.28. The number of aryl methyl sites for hydroxylation is 1. The predicted molar refractivity (Wildman–Crippen MR) is 66.3 cm³/mol. The molecule has 0 aliphatic carbocycles. The molecule has 15 heavy (non-hydrogen) atoms. The Bertz CT molecular complexity index is 273. The first-order chi connectivity index (χ1) is 7.34. The molecular formula is C13H20ClN. The third-order valence-electron chi connectivity index (χ3n) is 2.60. The van der Waals surface area contributed by atoms with Gasteiger partial charge in [0.05, 0.1) is 10.7 Å². The molecule has 0 N–H and O–H groups in total. The number of unbranched alkanes of at least 4 members (excludes halogenated alkanes) is 5. The van der Waals surface area contributed by atoms with E-state index in [0.717, 1.165) is 17.1 Å². The van der Waals surface area contributed by atoms with Crippen LogP contribution in [-0.2, 0) is 6.42 Å². The molecule has 0 aliphatic heterocycles. The Balaban J connectivity index is 2.12. The lowest BCUT2D eigenvalue weighted by atomic mass is 10.1. The van der Waals surface area contributed by atoms with E-state index in [-0.39, 0.29) is 0 Å². The van der Waals surface area contributed by atoms with E-state index in [1.54, 1.807) is 0 Å². The predicted octanol–water partition coefficient (Wildman–Crippen LogP) is 4.64. The summed E-state index contributed by atoms with van der Waals surface area (Å²) >= 11 is 6.02. The number of rotatable bonds is 7. The third-order valence-corrected chi connectivity index (χ3v) is 2.95. The third kappa shape index (κ3) is 5.17. The van der Waals surface area contributed by atoms with Gasteiger partial charge in [0.25, 0.3) is 0 Å². The largest absolute Gasteiger partial charge is 0.260 e. The molecule has 1 aromatic rings. The summed E-state index contributed by atoms with van der Waals surface area (Å²) in [5, 5.41) is 0.811. The first kappa shape index (κ1) is 12.5. The van der Waals surface area contributed by atoms with Crippen molar-refractivity contribution in [3.05, 3.63) is 29.0 Å². The maximum atomic E-state index is 6.02. The molecule has 2 heteroatoms. The second-order valence-corrected chi connectivity index (χ2v) is 4.36. The van der Waals surface area contributed by atoms with Crippen LogP contribution in [0.2, 0.25) is 5.02 Å². The van der Waals surface area contributed by atoms with Crippen molar-refractivity contribution in [1.82, 2.24) is 4.98 Å². The summed E-state index contributed by atoms with van der Waals surface area (Å²) in [6.07, 6.45) is 10.7. The molecule has 0 bridgehead atoms. The van der Waals surface area contributed by atoms with Crippen LogP contribution in [0.15, 0.2) is 18.3 Å². The second-order valence-electron chi connectivity index (χ2n) is 3.95. The van der Waals surface area contributed by atoms with Crippen LogP contribution in [0, 0.1) is 0 Å². The minimum absolute atomic E-state index is 0.811. The summed E-state index contributed by atoms with van der Waals surface area (Å²) < 4.78 is 0. The van der Waals surface area contributed by atoms with Crippen molar-refractivity contribution in [2.45, 2.75) is 51.9 Å². The van der Waals surface area contributed by atoms with Crippen LogP contribution in [0.4, 0.5) is 0 Å². The topological polar surface area (TPSA) is 12.9 Å². The minimum atomic E-state index is 0.811.